The minimum Gasteiger partial charge on any atom is -0.383 e. The fraction of sp³-hybridized carbons (Fsp3) is 0.353. The van der Waals surface area contributed by atoms with Gasteiger partial charge in [-0.25, -0.2) is 0 Å². The molecule has 2 aromatic rings. The van der Waals surface area contributed by atoms with Gasteiger partial charge in [0.1, 0.15) is 0 Å². The predicted molar refractivity (Wildman–Crippen MR) is 85.8 cm³/mol. The highest BCUT2D eigenvalue weighted by Gasteiger charge is 2.01. The zero-order chi connectivity index (χ0) is 15.2. The molecule has 1 heterocycles. The molecular formula is C17H22N2O2. The van der Waals surface area contributed by atoms with Gasteiger partial charge < -0.3 is 14.6 Å². The van der Waals surface area contributed by atoms with Crippen molar-refractivity contribution >= 4 is 5.69 Å². The lowest BCUT2D eigenvalue weighted by molar-refractivity contribution is 0.186. The van der Waals surface area contributed by atoms with Crippen molar-refractivity contribution in [3.05, 3.63) is 63.6 Å². The van der Waals surface area contributed by atoms with Crippen molar-refractivity contribution in [3.63, 3.8) is 0 Å². The van der Waals surface area contributed by atoms with E-state index in [1.807, 2.05) is 12.3 Å². The standard InChI is InChI=1S/C17H22N2O2/c1-13-4-5-14(2)15(10-13)11-18-16-6-7-17(20)19(12-16)8-9-21-3/h4-7,10,12,18H,8-9,11H2,1-3H3. The zero-order valence-electron chi connectivity index (χ0n) is 12.8. The fourth-order valence-electron chi connectivity index (χ4n) is 2.19. The molecule has 0 aliphatic carbocycles. The first-order valence-corrected chi connectivity index (χ1v) is 7.09. The van der Waals surface area contributed by atoms with E-state index in [4.69, 9.17) is 4.74 Å². The van der Waals surface area contributed by atoms with Gasteiger partial charge in [-0.1, -0.05) is 23.8 Å². The van der Waals surface area contributed by atoms with E-state index in [0.717, 1.165) is 12.2 Å². The third kappa shape index (κ3) is 4.20. The number of anilines is 1. The van der Waals surface area contributed by atoms with E-state index < -0.39 is 0 Å². The van der Waals surface area contributed by atoms with Crippen LogP contribution >= 0.6 is 0 Å². The third-order valence-electron chi connectivity index (χ3n) is 3.51. The van der Waals surface area contributed by atoms with Gasteiger partial charge in [-0.05, 0) is 31.0 Å². The molecule has 1 aromatic carbocycles. The van der Waals surface area contributed by atoms with Gasteiger partial charge in [-0.3, -0.25) is 4.79 Å². The molecule has 0 aliphatic heterocycles. The van der Waals surface area contributed by atoms with Gasteiger partial charge in [0.2, 0.25) is 0 Å². The van der Waals surface area contributed by atoms with Crippen LogP contribution in [-0.4, -0.2) is 18.3 Å². The average Bonchev–Trinajstić information content (AvgIpc) is 2.48. The van der Waals surface area contributed by atoms with Crippen LogP contribution < -0.4 is 10.9 Å². The maximum Gasteiger partial charge on any atom is 0.250 e. The highest BCUT2D eigenvalue weighted by Crippen LogP contribution is 2.13. The van der Waals surface area contributed by atoms with Gasteiger partial charge in [0.15, 0.2) is 0 Å². The second-order valence-corrected chi connectivity index (χ2v) is 5.23. The number of nitrogens with one attached hydrogen (secondary N) is 1. The molecular weight excluding hydrogens is 264 g/mol. The van der Waals surface area contributed by atoms with Crippen LogP contribution in [0, 0.1) is 13.8 Å². The minimum atomic E-state index is -0.00987. The van der Waals surface area contributed by atoms with Crippen molar-refractivity contribution in [3.8, 4) is 0 Å². The molecule has 1 N–H and O–H groups in total. The second-order valence-electron chi connectivity index (χ2n) is 5.23. The number of hydrogen-bond acceptors (Lipinski definition) is 3. The number of methoxy groups -OCH3 is 1. The number of benzene rings is 1. The van der Waals surface area contributed by atoms with Crippen LogP contribution in [0.3, 0.4) is 0 Å². The van der Waals surface area contributed by atoms with Gasteiger partial charge in [0, 0.05) is 32.5 Å². The number of nitrogens with zero attached hydrogens (tertiary/aromatic N) is 1. The monoisotopic (exact) mass is 286 g/mol. The summed E-state index contributed by atoms with van der Waals surface area (Å²) in [5.41, 5.74) is 4.71. The first kappa shape index (κ1) is 15.3. The Hall–Kier alpha value is -2.07. The molecule has 2 rings (SSSR count). The van der Waals surface area contributed by atoms with Crippen molar-refractivity contribution in [2.45, 2.75) is 26.9 Å². The van der Waals surface area contributed by atoms with E-state index in [1.165, 1.54) is 16.7 Å². The second kappa shape index (κ2) is 7.09. The Morgan fingerprint density at radius 2 is 2.00 bits per heavy atom. The van der Waals surface area contributed by atoms with E-state index in [1.54, 1.807) is 17.7 Å². The van der Waals surface area contributed by atoms with Gasteiger partial charge in [-0.15, -0.1) is 0 Å². The van der Waals surface area contributed by atoms with Crippen LogP contribution in [-0.2, 0) is 17.8 Å². The van der Waals surface area contributed by atoms with E-state index in [2.05, 4.69) is 37.4 Å². The summed E-state index contributed by atoms with van der Waals surface area (Å²) in [7, 11) is 1.63. The lowest BCUT2D eigenvalue weighted by Gasteiger charge is -2.12. The highest BCUT2D eigenvalue weighted by atomic mass is 16.5. The number of aryl methyl sites for hydroxylation is 2. The topological polar surface area (TPSA) is 43.3 Å². The predicted octanol–water partition coefficient (Wildman–Crippen LogP) is 2.72. The van der Waals surface area contributed by atoms with Crippen molar-refractivity contribution in [2.24, 2.45) is 0 Å². The van der Waals surface area contributed by atoms with E-state index in [0.29, 0.717) is 13.2 Å². The molecule has 112 valence electrons. The van der Waals surface area contributed by atoms with Gasteiger partial charge in [0.05, 0.1) is 12.3 Å². The minimum absolute atomic E-state index is 0.00987. The lowest BCUT2D eigenvalue weighted by atomic mass is 10.1. The van der Waals surface area contributed by atoms with Crippen LogP contribution in [0.4, 0.5) is 5.69 Å². The molecule has 0 saturated carbocycles. The zero-order valence-corrected chi connectivity index (χ0v) is 12.8. The SMILES string of the molecule is COCCn1cc(NCc2cc(C)ccc2C)ccc1=O. The summed E-state index contributed by atoms with van der Waals surface area (Å²) in [4.78, 5) is 11.7. The number of pyridine rings is 1. The first-order valence-electron chi connectivity index (χ1n) is 7.09. The molecule has 1 aromatic heterocycles. The Balaban J connectivity index is 2.09. The lowest BCUT2D eigenvalue weighted by Crippen LogP contribution is -2.21. The van der Waals surface area contributed by atoms with E-state index >= 15 is 0 Å². The molecule has 0 bridgehead atoms. The fourth-order valence-corrected chi connectivity index (χ4v) is 2.19. The third-order valence-corrected chi connectivity index (χ3v) is 3.51. The summed E-state index contributed by atoms with van der Waals surface area (Å²) in [5.74, 6) is 0. The van der Waals surface area contributed by atoms with E-state index in [9.17, 15) is 4.79 Å². The van der Waals surface area contributed by atoms with E-state index in [-0.39, 0.29) is 5.56 Å². The number of hydrogen-bond donors (Lipinski definition) is 1. The normalized spacial score (nSPS) is 10.6. The molecule has 4 nitrogen and oxygen atoms in total. The van der Waals surface area contributed by atoms with Crippen molar-refractivity contribution in [2.75, 3.05) is 19.0 Å². The Morgan fingerprint density at radius 3 is 2.76 bits per heavy atom. The van der Waals surface area contributed by atoms with Crippen LogP contribution in [0.1, 0.15) is 16.7 Å². The molecule has 0 unspecified atom stereocenters. The maximum absolute atomic E-state index is 11.7. The molecule has 4 heteroatoms. The molecule has 0 spiro atoms. The number of ether oxygens (including phenoxy) is 1. The first-order chi connectivity index (χ1) is 10.1. The van der Waals surface area contributed by atoms with Crippen molar-refractivity contribution in [1.29, 1.82) is 0 Å². The summed E-state index contributed by atoms with van der Waals surface area (Å²) in [5, 5.41) is 3.37. The molecule has 0 atom stereocenters. The smallest absolute Gasteiger partial charge is 0.250 e. The maximum atomic E-state index is 11.7. The molecule has 21 heavy (non-hydrogen) atoms. The van der Waals surface area contributed by atoms with Crippen LogP contribution in [0.5, 0.6) is 0 Å². The van der Waals surface area contributed by atoms with Gasteiger partial charge >= 0.3 is 0 Å². The summed E-state index contributed by atoms with van der Waals surface area (Å²) < 4.78 is 6.68. The highest BCUT2D eigenvalue weighted by molar-refractivity contribution is 5.42. The number of rotatable bonds is 6. The molecule has 0 aliphatic rings. The van der Waals surface area contributed by atoms with Gasteiger partial charge in [0.25, 0.3) is 5.56 Å². The average molecular weight is 286 g/mol. The molecule has 0 radical (unpaired) electrons. The summed E-state index contributed by atoms with van der Waals surface area (Å²) in [6.07, 6.45) is 1.84. The molecule has 0 amide bonds. The molecule has 0 saturated heterocycles. The Labute approximate surface area is 125 Å². The summed E-state index contributed by atoms with van der Waals surface area (Å²) in [6.45, 7) is 6.04. The van der Waals surface area contributed by atoms with Gasteiger partial charge in [-0.2, -0.15) is 0 Å². The quantitative estimate of drug-likeness (QED) is 0.888. The van der Waals surface area contributed by atoms with Crippen LogP contribution in [0.2, 0.25) is 0 Å². The Bertz CT molecular complexity index is 662. The largest absolute Gasteiger partial charge is 0.383 e. The van der Waals surface area contributed by atoms with Crippen LogP contribution in [0.15, 0.2) is 41.3 Å². The van der Waals surface area contributed by atoms with Crippen LogP contribution in [0.25, 0.3) is 0 Å². The Kier molecular flexibility index (Phi) is 5.17. The summed E-state index contributed by atoms with van der Waals surface area (Å²) >= 11 is 0. The molecule has 0 fully saturated rings. The Morgan fingerprint density at radius 1 is 1.19 bits per heavy atom. The number of aromatic nitrogens is 1. The van der Waals surface area contributed by atoms with Crippen molar-refractivity contribution in [1.82, 2.24) is 4.57 Å². The summed E-state index contributed by atoms with van der Waals surface area (Å²) in [6, 6.07) is 9.83. The van der Waals surface area contributed by atoms with Crippen molar-refractivity contribution < 1.29 is 4.74 Å².